The van der Waals surface area contributed by atoms with E-state index in [1.54, 1.807) is 18.2 Å². The van der Waals surface area contributed by atoms with Crippen LogP contribution in [0.4, 0.5) is 5.69 Å². The van der Waals surface area contributed by atoms with E-state index in [0.717, 1.165) is 11.8 Å². The molecular weight excluding hydrogens is 478 g/mol. The first kappa shape index (κ1) is 22.7. The van der Waals surface area contributed by atoms with E-state index in [0.29, 0.717) is 35.4 Å². The number of amides is 2. The predicted molar refractivity (Wildman–Crippen MR) is 121 cm³/mol. The van der Waals surface area contributed by atoms with Gasteiger partial charge in [-0.2, -0.15) is 0 Å². The Bertz CT molecular complexity index is 1130. The summed E-state index contributed by atoms with van der Waals surface area (Å²) in [5, 5.41) is 7.45. The van der Waals surface area contributed by atoms with Crippen molar-refractivity contribution in [3.63, 3.8) is 0 Å². The maximum atomic E-state index is 12.8. The molecule has 2 heterocycles. The lowest BCUT2D eigenvalue weighted by atomic mass is 10.2. The molecule has 2 atom stereocenters. The summed E-state index contributed by atoms with van der Waals surface area (Å²) < 4.78 is 36.4. The molecule has 1 saturated heterocycles. The number of carbonyl (C=O) groups excluding carboxylic acids is 2. The molecule has 0 aliphatic carbocycles. The molecule has 0 radical (unpaired) electrons. The summed E-state index contributed by atoms with van der Waals surface area (Å²) in [5.74, 6) is 0.333. The maximum absolute atomic E-state index is 12.8. The molecule has 2 amide bonds. The van der Waals surface area contributed by atoms with Crippen molar-refractivity contribution in [1.29, 1.82) is 0 Å². The average molecular weight is 498 g/mol. The molecule has 2 aliphatic heterocycles. The smallest absolute Gasteiger partial charge is 0.241 e. The van der Waals surface area contributed by atoms with Crippen LogP contribution >= 0.6 is 23.4 Å². The van der Waals surface area contributed by atoms with Crippen LogP contribution in [-0.4, -0.2) is 56.5 Å². The number of benzene rings is 2. The molecule has 2 aliphatic rings. The van der Waals surface area contributed by atoms with Gasteiger partial charge in [0.2, 0.25) is 11.8 Å². The number of sulfone groups is 1. The third-order valence-electron chi connectivity index (χ3n) is 4.78. The minimum absolute atomic E-state index is 0.0220. The summed E-state index contributed by atoms with van der Waals surface area (Å²) in [6.45, 7) is 0.859. The monoisotopic (exact) mass is 497 g/mol. The van der Waals surface area contributed by atoms with Gasteiger partial charge in [0.05, 0.1) is 10.6 Å². The standard InChI is InChI=1S/C20H20ClN3O6S2/c21-12-1-4-14(5-2-12)32(27,28)17-10-22-20(24-19(17)26)31-11-18(25)23-13-3-6-15-16(9-13)30-8-7-29-15/h1-6,9,17,20,22H,7-8,10-11H2,(H,23,25)(H,24,26). The second-order valence-electron chi connectivity index (χ2n) is 7.00. The minimum Gasteiger partial charge on any atom is -0.486 e. The van der Waals surface area contributed by atoms with Crippen molar-refractivity contribution >= 4 is 50.7 Å². The molecule has 0 spiro atoms. The van der Waals surface area contributed by atoms with E-state index in [-0.39, 0.29) is 23.1 Å². The van der Waals surface area contributed by atoms with Gasteiger partial charge in [-0.3, -0.25) is 14.9 Å². The zero-order valence-electron chi connectivity index (χ0n) is 16.7. The average Bonchev–Trinajstić information content (AvgIpc) is 2.78. The van der Waals surface area contributed by atoms with Crippen LogP contribution in [0.3, 0.4) is 0 Å². The lowest BCUT2D eigenvalue weighted by Crippen LogP contribution is -2.59. The fourth-order valence-corrected chi connectivity index (χ4v) is 5.64. The highest BCUT2D eigenvalue weighted by atomic mass is 35.5. The summed E-state index contributed by atoms with van der Waals surface area (Å²) >= 11 is 6.95. The van der Waals surface area contributed by atoms with Crippen molar-refractivity contribution in [2.75, 3.05) is 30.8 Å². The molecule has 12 heteroatoms. The van der Waals surface area contributed by atoms with Gasteiger partial charge in [-0.05, 0) is 36.4 Å². The minimum atomic E-state index is -3.87. The van der Waals surface area contributed by atoms with Crippen LogP contribution in [0.2, 0.25) is 5.02 Å². The van der Waals surface area contributed by atoms with Gasteiger partial charge in [-0.1, -0.05) is 11.6 Å². The molecule has 0 saturated carbocycles. The fraction of sp³-hybridized carbons (Fsp3) is 0.300. The topological polar surface area (TPSA) is 123 Å². The lowest BCUT2D eigenvalue weighted by Gasteiger charge is -2.29. The van der Waals surface area contributed by atoms with E-state index in [1.807, 2.05) is 0 Å². The van der Waals surface area contributed by atoms with E-state index in [2.05, 4.69) is 16.0 Å². The van der Waals surface area contributed by atoms with Gasteiger partial charge in [-0.25, -0.2) is 8.42 Å². The molecule has 0 bridgehead atoms. The third kappa shape index (κ3) is 5.12. The number of rotatable bonds is 6. The second kappa shape index (κ2) is 9.57. The zero-order chi connectivity index (χ0) is 22.7. The summed E-state index contributed by atoms with van der Waals surface area (Å²) in [5.41, 5.74) is -0.0280. The Kier molecular flexibility index (Phi) is 6.79. The number of carbonyl (C=O) groups is 2. The highest BCUT2D eigenvalue weighted by molar-refractivity contribution is 8.00. The molecule has 2 aromatic rings. The lowest BCUT2D eigenvalue weighted by molar-refractivity contribution is -0.122. The van der Waals surface area contributed by atoms with E-state index >= 15 is 0 Å². The highest BCUT2D eigenvalue weighted by Gasteiger charge is 2.38. The fourth-order valence-electron chi connectivity index (χ4n) is 3.20. The van der Waals surface area contributed by atoms with Crippen LogP contribution in [0.1, 0.15) is 0 Å². The molecule has 2 aromatic carbocycles. The van der Waals surface area contributed by atoms with Crippen LogP contribution < -0.4 is 25.4 Å². The van der Waals surface area contributed by atoms with Crippen molar-refractivity contribution < 1.29 is 27.5 Å². The van der Waals surface area contributed by atoms with Gasteiger partial charge in [0, 0.05) is 23.3 Å². The van der Waals surface area contributed by atoms with Crippen LogP contribution in [-0.2, 0) is 19.4 Å². The van der Waals surface area contributed by atoms with Gasteiger partial charge >= 0.3 is 0 Å². The normalized spacial score (nSPS) is 20.3. The number of halogens is 1. The summed E-state index contributed by atoms with van der Waals surface area (Å²) in [4.78, 5) is 24.8. The molecule has 170 valence electrons. The Morgan fingerprint density at radius 1 is 1.12 bits per heavy atom. The molecule has 4 rings (SSSR count). The zero-order valence-corrected chi connectivity index (χ0v) is 19.1. The van der Waals surface area contributed by atoms with Gasteiger partial charge in [0.15, 0.2) is 26.6 Å². The Labute approximate surface area is 194 Å². The molecule has 2 unspecified atom stereocenters. The number of hydrogen-bond donors (Lipinski definition) is 3. The second-order valence-corrected chi connectivity index (χ2v) is 10.7. The van der Waals surface area contributed by atoms with Crippen molar-refractivity contribution in [2.24, 2.45) is 0 Å². The van der Waals surface area contributed by atoms with Crippen molar-refractivity contribution in [1.82, 2.24) is 10.6 Å². The number of ether oxygens (including phenoxy) is 2. The van der Waals surface area contributed by atoms with Gasteiger partial charge in [-0.15, -0.1) is 11.8 Å². The Balaban J connectivity index is 1.29. The Hall–Kier alpha value is -2.47. The molecular formula is C20H20ClN3O6S2. The highest BCUT2D eigenvalue weighted by Crippen LogP contribution is 2.32. The number of hydrogen-bond acceptors (Lipinski definition) is 8. The maximum Gasteiger partial charge on any atom is 0.241 e. The predicted octanol–water partition coefficient (Wildman–Crippen LogP) is 1.63. The van der Waals surface area contributed by atoms with Crippen molar-refractivity contribution in [3.8, 4) is 11.5 Å². The van der Waals surface area contributed by atoms with Crippen molar-refractivity contribution in [3.05, 3.63) is 47.5 Å². The largest absolute Gasteiger partial charge is 0.486 e. The molecule has 0 aromatic heterocycles. The summed E-state index contributed by atoms with van der Waals surface area (Å²) in [6, 6.07) is 10.8. The van der Waals surface area contributed by atoms with Gasteiger partial charge < -0.3 is 20.1 Å². The van der Waals surface area contributed by atoms with Crippen molar-refractivity contribution in [2.45, 2.75) is 15.6 Å². The molecule has 9 nitrogen and oxygen atoms in total. The molecule has 1 fully saturated rings. The number of fused-ring (bicyclic) bond motifs is 1. The van der Waals surface area contributed by atoms with E-state index in [9.17, 15) is 18.0 Å². The first-order chi connectivity index (χ1) is 15.3. The third-order valence-corrected chi connectivity index (χ3v) is 8.14. The SMILES string of the molecule is O=C(CSC1NCC(S(=O)(=O)c2ccc(Cl)cc2)C(=O)N1)Nc1ccc2c(c1)OCCO2. The van der Waals surface area contributed by atoms with Crippen LogP contribution in [0.5, 0.6) is 11.5 Å². The number of thioether (sulfide) groups is 1. The van der Waals surface area contributed by atoms with Gasteiger partial charge in [0.25, 0.3) is 0 Å². The van der Waals surface area contributed by atoms with Crippen LogP contribution in [0.25, 0.3) is 0 Å². The van der Waals surface area contributed by atoms with E-state index in [1.165, 1.54) is 24.3 Å². The number of anilines is 1. The van der Waals surface area contributed by atoms with Crippen LogP contribution in [0.15, 0.2) is 47.4 Å². The summed E-state index contributed by atoms with van der Waals surface area (Å²) in [7, 11) is -3.87. The Morgan fingerprint density at radius 2 is 1.84 bits per heavy atom. The van der Waals surface area contributed by atoms with E-state index < -0.39 is 26.5 Å². The van der Waals surface area contributed by atoms with E-state index in [4.69, 9.17) is 21.1 Å². The first-order valence-electron chi connectivity index (χ1n) is 9.67. The van der Waals surface area contributed by atoms with Crippen LogP contribution in [0, 0.1) is 0 Å². The number of nitrogens with one attached hydrogen (secondary N) is 3. The first-order valence-corrected chi connectivity index (χ1v) is 12.6. The molecule has 3 N–H and O–H groups in total. The molecule has 32 heavy (non-hydrogen) atoms. The quantitative estimate of drug-likeness (QED) is 0.550. The van der Waals surface area contributed by atoms with Gasteiger partial charge in [0.1, 0.15) is 18.7 Å². The Morgan fingerprint density at radius 3 is 2.56 bits per heavy atom. The summed E-state index contributed by atoms with van der Waals surface area (Å²) in [6.07, 6.45) is 0.